The lowest BCUT2D eigenvalue weighted by Gasteiger charge is -2.32. The van der Waals surface area contributed by atoms with E-state index in [2.05, 4.69) is 18.8 Å². The van der Waals surface area contributed by atoms with Crippen molar-refractivity contribution in [1.82, 2.24) is 9.88 Å². The fourth-order valence-electron chi connectivity index (χ4n) is 2.92. The Morgan fingerprint density at radius 2 is 1.84 bits per heavy atom. The van der Waals surface area contributed by atoms with Gasteiger partial charge in [-0.25, -0.2) is 0 Å². The Labute approximate surface area is 153 Å². The fraction of sp³-hybridized carbons (Fsp3) is 0.400. The van der Waals surface area contributed by atoms with Crippen LogP contribution in [0.25, 0.3) is 0 Å². The van der Waals surface area contributed by atoms with Crippen LogP contribution in [0, 0.1) is 0 Å². The molecule has 0 unspecified atom stereocenters. The van der Waals surface area contributed by atoms with Gasteiger partial charge < -0.3 is 9.64 Å². The second-order valence-corrected chi connectivity index (χ2v) is 7.13. The Bertz CT molecular complexity index is 705. The second kappa shape index (κ2) is 7.87. The summed E-state index contributed by atoms with van der Waals surface area (Å²) in [5, 5.41) is 0.698. The number of halogens is 1. The molecule has 0 N–H and O–H groups in total. The maximum absolute atomic E-state index is 12.6. The van der Waals surface area contributed by atoms with Crippen molar-refractivity contribution in [3.05, 3.63) is 58.9 Å². The molecule has 0 bridgehead atoms. The molecule has 2 aromatic rings. The molecule has 1 aliphatic rings. The van der Waals surface area contributed by atoms with Crippen molar-refractivity contribution < 1.29 is 9.53 Å². The summed E-state index contributed by atoms with van der Waals surface area (Å²) in [5.41, 5.74) is 1.66. The SMILES string of the molecule is CC(C)c1ccc(C(=O)N2CCC(Oc3ccc(Cl)cc3)CC2)nc1. The number of hydrogen-bond acceptors (Lipinski definition) is 3. The molecule has 0 saturated carbocycles. The topological polar surface area (TPSA) is 42.4 Å². The molecule has 0 radical (unpaired) electrons. The van der Waals surface area contributed by atoms with E-state index in [-0.39, 0.29) is 12.0 Å². The molecule has 3 rings (SSSR count). The number of aromatic nitrogens is 1. The number of ether oxygens (including phenoxy) is 1. The van der Waals surface area contributed by atoms with Crippen LogP contribution in [0.3, 0.4) is 0 Å². The van der Waals surface area contributed by atoms with Crippen molar-refractivity contribution in [3.8, 4) is 5.75 Å². The van der Waals surface area contributed by atoms with Crippen molar-refractivity contribution in [2.75, 3.05) is 13.1 Å². The van der Waals surface area contributed by atoms with E-state index in [0.717, 1.165) is 24.2 Å². The monoisotopic (exact) mass is 358 g/mol. The van der Waals surface area contributed by atoms with E-state index in [1.54, 1.807) is 6.20 Å². The van der Waals surface area contributed by atoms with Gasteiger partial charge in [-0.1, -0.05) is 31.5 Å². The highest BCUT2D eigenvalue weighted by atomic mass is 35.5. The number of nitrogens with zero attached hydrogens (tertiary/aromatic N) is 2. The molecule has 4 nitrogen and oxygen atoms in total. The van der Waals surface area contributed by atoms with Crippen molar-refractivity contribution in [2.24, 2.45) is 0 Å². The number of rotatable bonds is 4. The lowest BCUT2D eigenvalue weighted by molar-refractivity contribution is 0.0590. The third kappa shape index (κ3) is 4.51. The molecule has 5 heteroatoms. The summed E-state index contributed by atoms with van der Waals surface area (Å²) < 4.78 is 5.97. The normalized spacial score (nSPS) is 15.4. The van der Waals surface area contributed by atoms with Gasteiger partial charge in [0.25, 0.3) is 5.91 Å². The lowest BCUT2D eigenvalue weighted by atomic mass is 10.0. The summed E-state index contributed by atoms with van der Waals surface area (Å²) in [5.74, 6) is 1.23. The maximum Gasteiger partial charge on any atom is 0.272 e. The summed E-state index contributed by atoms with van der Waals surface area (Å²) in [4.78, 5) is 18.8. The number of benzene rings is 1. The first-order valence-electron chi connectivity index (χ1n) is 8.70. The van der Waals surface area contributed by atoms with Gasteiger partial charge in [0, 0.05) is 37.2 Å². The molecule has 1 aromatic heterocycles. The van der Waals surface area contributed by atoms with Crippen LogP contribution in [0.2, 0.25) is 5.02 Å². The van der Waals surface area contributed by atoms with Gasteiger partial charge in [0.1, 0.15) is 17.5 Å². The predicted octanol–water partition coefficient (Wildman–Crippen LogP) is 4.54. The Morgan fingerprint density at radius 1 is 1.16 bits per heavy atom. The molecule has 25 heavy (non-hydrogen) atoms. The molecule has 0 atom stereocenters. The maximum atomic E-state index is 12.6. The van der Waals surface area contributed by atoms with E-state index in [9.17, 15) is 4.79 Å². The molecule has 1 saturated heterocycles. The van der Waals surface area contributed by atoms with E-state index < -0.39 is 0 Å². The van der Waals surface area contributed by atoms with Gasteiger partial charge in [0.2, 0.25) is 0 Å². The highest BCUT2D eigenvalue weighted by molar-refractivity contribution is 6.30. The average molecular weight is 359 g/mol. The first-order chi connectivity index (χ1) is 12.0. The van der Waals surface area contributed by atoms with Crippen LogP contribution in [0.5, 0.6) is 5.75 Å². The van der Waals surface area contributed by atoms with Crippen LogP contribution >= 0.6 is 11.6 Å². The molecule has 2 heterocycles. The number of carbonyl (C=O) groups excluding carboxylic acids is 1. The minimum absolute atomic E-state index is 0.000231. The van der Waals surface area contributed by atoms with E-state index in [0.29, 0.717) is 29.7 Å². The van der Waals surface area contributed by atoms with E-state index in [1.807, 2.05) is 41.3 Å². The molecular formula is C20H23ClN2O2. The number of hydrogen-bond donors (Lipinski definition) is 0. The number of piperidine rings is 1. The zero-order valence-electron chi connectivity index (χ0n) is 14.6. The molecule has 0 spiro atoms. The summed E-state index contributed by atoms with van der Waals surface area (Å²) in [6, 6.07) is 11.2. The molecule has 1 aromatic carbocycles. The van der Waals surface area contributed by atoms with Crippen LogP contribution < -0.4 is 4.74 Å². The van der Waals surface area contributed by atoms with Gasteiger partial charge in [0.05, 0.1) is 0 Å². The third-order valence-corrected chi connectivity index (χ3v) is 4.77. The lowest BCUT2D eigenvalue weighted by Crippen LogP contribution is -2.42. The molecule has 1 aliphatic heterocycles. The number of pyridine rings is 1. The van der Waals surface area contributed by atoms with Gasteiger partial charge in [-0.2, -0.15) is 0 Å². The largest absolute Gasteiger partial charge is 0.490 e. The number of amides is 1. The Hall–Kier alpha value is -2.07. The van der Waals surface area contributed by atoms with Gasteiger partial charge in [-0.05, 0) is 41.8 Å². The standard InChI is InChI=1S/C20H23ClN2O2/c1-14(2)15-3-8-19(22-13-15)20(24)23-11-9-18(10-12-23)25-17-6-4-16(21)5-7-17/h3-8,13-14,18H,9-12H2,1-2H3. The van der Waals surface area contributed by atoms with Crippen LogP contribution in [-0.4, -0.2) is 35.0 Å². The van der Waals surface area contributed by atoms with Crippen molar-refractivity contribution in [1.29, 1.82) is 0 Å². The fourth-order valence-corrected chi connectivity index (χ4v) is 3.04. The summed E-state index contributed by atoms with van der Waals surface area (Å²) in [7, 11) is 0. The van der Waals surface area contributed by atoms with Crippen LogP contribution in [0.15, 0.2) is 42.6 Å². The summed E-state index contributed by atoms with van der Waals surface area (Å²) >= 11 is 5.89. The highest BCUT2D eigenvalue weighted by Gasteiger charge is 2.25. The van der Waals surface area contributed by atoms with E-state index >= 15 is 0 Å². The summed E-state index contributed by atoms with van der Waals surface area (Å²) in [6.07, 6.45) is 3.56. The molecule has 132 valence electrons. The summed E-state index contributed by atoms with van der Waals surface area (Å²) in [6.45, 7) is 5.60. The number of likely N-dealkylation sites (tertiary alicyclic amines) is 1. The zero-order chi connectivity index (χ0) is 17.8. The Morgan fingerprint density at radius 3 is 2.40 bits per heavy atom. The smallest absolute Gasteiger partial charge is 0.272 e. The van der Waals surface area contributed by atoms with E-state index in [4.69, 9.17) is 16.3 Å². The third-order valence-electron chi connectivity index (χ3n) is 4.52. The van der Waals surface area contributed by atoms with Gasteiger partial charge in [-0.15, -0.1) is 0 Å². The zero-order valence-corrected chi connectivity index (χ0v) is 15.4. The van der Waals surface area contributed by atoms with Gasteiger partial charge in [-0.3, -0.25) is 9.78 Å². The first kappa shape index (κ1) is 17.7. The molecule has 0 aliphatic carbocycles. The Balaban J connectivity index is 1.54. The predicted molar refractivity (Wildman–Crippen MR) is 99.3 cm³/mol. The van der Waals surface area contributed by atoms with E-state index in [1.165, 1.54) is 0 Å². The minimum atomic E-state index is 0.000231. The quantitative estimate of drug-likeness (QED) is 0.805. The highest BCUT2D eigenvalue weighted by Crippen LogP contribution is 2.22. The van der Waals surface area contributed by atoms with Gasteiger partial charge in [0.15, 0.2) is 0 Å². The molecule has 1 amide bonds. The second-order valence-electron chi connectivity index (χ2n) is 6.69. The van der Waals surface area contributed by atoms with Crippen LogP contribution in [0.4, 0.5) is 0 Å². The van der Waals surface area contributed by atoms with Gasteiger partial charge >= 0.3 is 0 Å². The van der Waals surface area contributed by atoms with Crippen molar-refractivity contribution in [2.45, 2.75) is 38.7 Å². The molecular weight excluding hydrogens is 336 g/mol. The number of carbonyl (C=O) groups is 1. The first-order valence-corrected chi connectivity index (χ1v) is 9.08. The van der Waals surface area contributed by atoms with Crippen molar-refractivity contribution in [3.63, 3.8) is 0 Å². The van der Waals surface area contributed by atoms with Crippen LogP contribution in [0.1, 0.15) is 48.7 Å². The average Bonchev–Trinajstić information content (AvgIpc) is 2.64. The van der Waals surface area contributed by atoms with Crippen LogP contribution in [-0.2, 0) is 0 Å². The minimum Gasteiger partial charge on any atom is -0.490 e. The Kier molecular flexibility index (Phi) is 5.59. The molecule has 1 fully saturated rings. The van der Waals surface area contributed by atoms with Crippen molar-refractivity contribution >= 4 is 17.5 Å².